The zero-order valence-electron chi connectivity index (χ0n) is 12.3. The van der Waals surface area contributed by atoms with Crippen LogP contribution in [0.4, 0.5) is 11.5 Å². The Hall–Kier alpha value is -1.58. The lowest BCUT2D eigenvalue weighted by Gasteiger charge is -2.19. The summed E-state index contributed by atoms with van der Waals surface area (Å²) in [6.07, 6.45) is 3.96. The van der Waals surface area contributed by atoms with E-state index in [2.05, 4.69) is 52.5 Å². The number of para-hydroxylation sites is 1. The lowest BCUT2D eigenvalue weighted by molar-refractivity contribution is 0.675. The summed E-state index contributed by atoms with van der Waals surface area (Å²) >= 11 is 6.26. The van der Waals surface area contributed by atoms with E-state index < -0.39 is 0 Å². The molecular formula is C17H20ClN3. The molecule has 2 heterocycles. The van der Waals surface area contributed by atoms with Crippen LogP contribution in [0.5, 0.6) is 0 Å². The van der Waals surface area contributed by atoms with Crippen LogP contribution in [0.1, 0.15) is 24.5 Å². The summed E-state index contributed by atoms with van der Waals surface area (Å²) in [5, 5.41) is 4.13. The summed E-state index contributed by atoms with van der Waals surface area (Å²) in [4.78, 5) is 6.79. The van der Waals surface area contributed by atoms with Crippen LogP contribution in [-0.4, -0.2) is 18.1 Å². The van der Waals surface area contributed by atoms with Crippen LogP contribution in [-0.2, 0) is 13.0 Å². The number of nitrogens with one attached hydrogen (secondary N) is 1. The fraction of sp³-hybridized carbons (Fsp3) is 0.353. The highest BCUT2D eigenvalue weighted by molar-refractivity contribution is 6.31. The van der Waals surface area contributed by atoms with Crippen LogP contribution in [0.15, 0.2) is 36.5 Å². The predicted molar refractivity (Wildman–Crippen MR) is 88.4 cm³/mol. The van der Waals surface area contributed by atoms with E-state index in [1.165, 1.54) is 11.3 Å². The zero-order chi connectivity index (χ0) is 14.7. The minimum absolute atomic E-state index is 0.731. The van der Waals surface area contributed by atoms with Gasteiger partial charge in [0.25, 0.3) is 0 Å². The molecule has 0 fully saturated rings. The molecule has 1 N–H and O–H groups in total. The number of fused-ring (bicyclic) bond motifs is 1. The highest BCUT2D eigenvalue weighted by atomic mass is 35.5. The Morgan fingerprint density at radius 1 is 1.33 bits per heavy atom. The van der Waals surface area contributed by atoms with Gasteiger partial charge < -0.3 is 10.2 Å². The lowest BCUT2D eigenvalue weighted by Crippen LogP contribution is -2.17. The lowest BCUT2D eigenvalue weighted by atomic mass is 10.2. The molecule has 0 bridgehead atoms. The largest absolute Gasteiger partial charge is 0.326 e. The maximum absolute atomic E-state index is 6.26. The maximum Gasteiger partial charge on any atom is 0.133 e. The molecule has 0 saturated heterocycles. The Morgan fingerprint density at radius 2 is 2.19 bits per heavy atom. The molecule has 1 aliphatic heterocycles. The van der Waals surface area contributed by atoms with Crippen molar-refractivity contribution in [3.63, 3.8) is 0 Å². The van der Waals surface area contributed by atoms with Crippen LogP contribution in [0, 0.1) is 0 Å². The molecule has 0 unspecified atom stereocenters. The minimum Gasteiger partial charge on any atom is -0.326 e. The van der Waals surface area contributed by atoms with Crippen molar-refractivity contribution in [2.75, 3.05) is 18.0 Å². The molecule has 110 valence electrons. The Morgan fingerprint density at radius 3 is 3.05 bits per heavy atom. The van der Waals surface area contributed by atoms with Crippen LogP contribution in [0.25, 0.3) is 0 Å². The van der Waals surface area contributed by atoms with Gasteiger partial charge in [0.05, 0.1) is 5.02 Å². The number of hydrogen-bond donors (Lipinski definition) is 1. The highest BCUT2D eigenvalue weighted by Crippen LogP contribution is 2.34. The molecular weight excluding hydrogens is 282 g/mol. The van der Waals surface area contributed by atoms with E-state index in [-0.39, 0.29) is 0 Å². The first kappa shape index (κ1) is 14.4. The topological polar surface area (TPSA) is 28.2 Å². The number of hydrogen-bond acceptors (Lipinski definition) is 3. The molecule has 0 saturated carbocycles. The Balaban J connectivity index is 1.85. The van der Waals surface area contributed by atoms with Crippen molar-refractivity contribution in [2.24, 2.45) is 0 Å². The van der Waals surface area contributed by atoms with Gasteiger partial charge in [-0.05, 0) is 42.6 Å². The molecule has 0 radical (unpaired) electrons. The molecule has 4 heteroatoms. The fourth-order valence-electron chi connectivity index (χ4n) is 2.73. The van der Waals surface area contributed by atoms with Gasteiger partial charge in [0.15, 0.2) is 0 Å². The second-order valence-electron chi connectivity index (χ2n) is 5.34. The first-order valence-corrected chi connectivity index (χ1v) is 7.88. The standard InChI is InChI=1S/C17H20ClN3/c1-2-8-19-11-14-10-17(20-12-15(14)18)21-9-7-13-5-3-4-6-16(13)21/h3-6,10,12,19H,2,7-9,11H2,1H3. The SMILES string of the molecule is CCCNCc1cc(N2CCc3ccccc32)ncc1Cl. The van der Waals surface area contributed by atoms with Crippen LogP contribution in [0.3, 0.4) is 0 Å². The number of rotatable bonds is 5. The molecule has 1 aliphatic rings. The van der Waals surface area contributed by atoms with Crippen molar-refractivity contribution in [1.29, 1.82) is 0 Å². The van der Waals surface area contributed by atoms with Crippen molar-refractivity contribution in [2.45, 2.75) is 26.3 Å². The molecule has 0 atom stereocenters. The van der Waals surface area contributed by atoms with Gasteiger partial charge in [0.1, 0.15) is 5.82 Å². The Labute approximate surface area is 131 Å². The molecule has 0 aliphatic carbocycles. The Kier molecular flexibility index (Phi) is 4.42. The van der Waals surface area contributed by atoms with Gasteiger partial charge in [-0.25, -0.2) is 4.98 Å². The van der Waals surface area contributed by atoms with Gasteiger partial charge in [-0.15, -0.1) is 0 Å². The van der Waals surface area contributed by atoms with E-state index >= 15 is 0 Å². The fourth-order valence-corrected chi connectivity index (χ4v) is 2.90. The monoisotopic (exact) mass is 301 g/mol. The quantitative estimate of drug-likeness (QED) is 0.848. The molecule has 1 aromatic carbocycles. The number of halogens is 1. The van der Waals surface area contributed by atoms with E-state index in [9.17, 15) is 0 Å². The van der Waals surface area contributed by atoms with Crippen molar-refractivity contribution < 1.29 is 0 Å². The summed E-state index contributed by atoms with van der Waals surface area (Å²) in [6, 6.07) is 10.6. The molecule has 1 aromatic heterocycles. The van der Waals surface area contributed by atoms with E-state index in [4.69, 9.17) is 11.6 Å². The number of nitrogens with zero attached hydrogens (tertiary/aromatic N) is 2. The average molecular weight is 302 g/mol. The van der Waals surface area contributed by atoms with E-state index in [1.807, 2.05) is 0 Å². The summed E-state index contributed by atoms with van der Waals surface area (Å²) in [5.41, 5.74) is 3.76. The number of aromatic nitrogens is 1. The van der Waals surface area contributed by atoms with Gasteiger partial charge in [0.2, 0.25) is 0 Å². The van der Waals surface area contributed by atoms with Crippen molar-refractivity contribution >= 4 is 23.1 Å². The number of benzene rings is 1. The van der Waals surface area contributed by atoms with E-state index in [0.29, 0.717) is 0 Å². The zero-order valence-corrected chi connectivity index (χ0v) is 13.0. The first-order valence-electron chi connectivity index (χ1n) is 7.50. The second kappa shape index (κ2) is 6.46. The van der Waals surface area contributed by atoms with Crippen LogP contribution < -0.4 is 10.2 Å². The third-order valence-electron chi connectivity index (χ3n) is 3.83. The minimum atomic E-state index is 0.731. The first-order chi connectivity index (χ1) is 10.3. The normalized spacial score (nSPS) is 13.5. The third-order valence-corrected chi connectivity index (χ3v) is 4.17. The predicted octanol–water partition coefficient (Wildman–Crippen LogP) is 3.93. The summed E-state index contributed by atoms with van der Waals surface area (Å²) in [5.74, 6) is 0.984. The van der Waals surface area contributed by atoms with Gasteiger partial charge in [-0.2, -0.15) is 0 Å². The summed E-state index contributed by atoms with van der Waals surface area (Å²) in [6.45, 7) is 4.93. The molecule has 3 nitrogen and oxygen atoms in total. The smallest absolute Gasteiger partial charge is 0.133 e. The Bertz CT molecular complexity index is 627. The van der Waals surface area contributed by atoms with E-state index in [0.717, 1.165) is 48.9 Å². The number of anilines is 2. The van der Waals surface area contributed by atoms with Crippen molar-refractivity contribution in [3.05, 3.63) is 52.7 Å². The van der Waals surface area contributed by atoms with E-state index in [1.54, 1.807) is 6.20 Å². The molecule has 3 rings (SSSR count). The maximum atomic E-state index is 6.26. The third kappa shape index (κ3) is 3.04. The molecule has 2 aromatic rings. The molecule has 0 spiro atoms. The van der Waals surface area contributed by atoms with Gasteiger partial charge >= 0.3 is 0 Å². The second-order valence-corrected chi connectivity index (χ2v) is 5.75. The van der Waals surface area contributed by atoms with Gasteiger partial charge in [0, 0.05) is 25.0 Å². The summed E-state index contributed by atoms with van der Waals surface area (Å²) in [7, 11) is 0. The van der Waals surface area contributed by atoms with Crippen LogP contribution in [0.2, 0.25) is 5.02 Å². The van der Waals surface area contributed by atoms with Gasteiger partial charge in [-0.1, -0.05) is 36.7 Å². The van der Waals surface area contributed by atoms with Crippen LogP contribution >= 0.6 is 11.6 Å². The van der Waals surface area contributed by atoms with Gasteiger partial charge in [-0.3, -0.25) is 0 Å². The highest BCUT2D eigenvalue weighted by Gasteiger charge is 2.21. The van der Waals surface area contributed by atoms with Crippen molar-refractivity contribution in [1.82, 2.24) is 10.3 Å². The number of pyridine rings is 1. The average Bonchev–Trinajstić information content (AvgIpc) is 2.93. The summed E-state index contributed by atoms with van der Waals surface area (Å²) < 4.78 is 0. The molecule has 0 amide bonds. The molecule has 21 heavy (non-hydrogen) atoms. The van der Waals surface area contributed by atoms with Crippen molar-refractivity contribution in [3.8, 4) is 0 Å².